The fourth-order valence-corrected chi connectivity index (χ4v) is 1.43. The number of ether oxygens (including phenoxy) is 1. The number of hydrogen-bond donors (Lipinski definition) is 0. The summed E-state index contributed by atoms with van der Waals surface area (Å²) in [6.45, 7) is 0. The average molecular weight is 200 g/mol. The van der Waals surface area contributed by atoms with Crippen molar-refractivity contribution >= 4 is 11.9 Å². The maximum Gasteiger partial charge on any atom is 0.162 e. The number of benzene rings is 1. The molecule has 0 aromatic heterocycles. The van der Waals surface area contributed by atoms with Gasteiger partial charge in [-0.1, -0.05) is 36.4 Å². The van der Waals surface area contributed by atoms with Crippen molar-refractivity contribution in [3.05, 3.63) is 54.3 Å². The monoisotopic (exact) mass is 200 g/mol. The Bertz CT molecular complexity index is 390. The van der Waals surface area contributed by atoms with Crippen LogP contribution in [0, 0.1) is 0 Å². The van der Waals surface area contributed by atoms with Crippen molar-refractivity contribution in [1.29, 1.82) is 0 Å². The van der Waals surface area contributed by atoms with Crippen LogP contribution >= 0.6 is 0 Å². The maximum atomic E-state index is 11.1. The summed E-state index contributed by atoms with van der Waals surface area (Å²) in [4.78, 5) is 11.1. The van der Waals surface area contributed by atoms with E-state index in [0.717, 1.165) is 5.56 Å². The van der Waals surface area contributed by atoms with Gasteiger partial charge >= 0.3 is 0 Å². The van der Waals surface area contributed by atoms with Crippen LogP contribution < -0.4 is 0 Å². The van der Waals surface area contributed by atoms with Crippen LogP contribution in [0.25, 0.3) is 6.08 Å². The van der Waals surface area contributed by atoms with Gasteiger partial charge in [0.25, 0.3) is 0 Å². The maximum absolute atomic E-state index is 11.1. The number of rotatable bonds is 2. The molecule has 2 rings (SSSR count). The molecule has 0 aliphatic carbocycles. The Balaban J connectivity index is 2.00. The molecule has 1 aromatic carbocycles. The van der Waals surface area contributed by atoms with Gasteiger partial charge in [0.2, 0.25) is 0 Å². The van der Waals surface area contributed by atoms with Gasteiger partial charge in [-0.3, -0.25) is 4.79 Å². The number of hydrogen-bond acceptors (Lipinski definition) is 2. The topological polar surface area (TPSA) is 26.3 Å². The molecule has 1 heterocycles. The lowest BCUT2D eigenvalue weighted by Gasteiger charge is -2.14. The molecule has 1 aromatic rings. The van der Waals surface area contributed by atoms with Crippen LogP contribution in [0.2, 0.25) is 0 Å². The van der Waals surface area contributed by atoms with E-state index in [-0.39, 0.29) is 11.9 Å². The zero-order chi connectivity index (χ0) is 10.5. The molecule has 1 aliphatic heterocycles. The van der Waals surface area contributed by atoms with Crippen LogP contribution in [0.4, 0.5) is 0 Å². The van der Waals surface area contributed by atoms with E-state index >= 15 is 0 Å². The molecule has 1 atom stereocenters. The quantitative estimate of drug-likeness (QED) is 0.733. The van der Waals surface area contributed by atoms with E-state index in [0.29, 0.717) is 6.42 Å². The summed E-state index contributed by atoms with van der Waals surface area (Å²) in [6.07, 6.45) is 7.12. The number of carbonyl (C=O) groups excluding carboxylic acids is 1. The first-order chi connectivity index (χ1) is 7.34. The van der Waals surface area contributed by atoms with Crippen molar-refractivity contribution in [3.63, 3.8) is 0 Å². The number of allylic oxidation sites excluding steroid dienone is 1. The fourth-order valence-electron chi connectivity index (χ4n) is 1.43. The Morgan fingerprint density at radius 3 is 2.80 bits per heavy atom. The summed E-state index contributed by atoms with van der Waals surface area (Å²) in [7, 11) is 0. The second kappa shape index (κ2) is 4.60. The van der Waals surface area contributed by atoms with Gasteiger partial charge in [-0.15, -0.1) is 0 Å². The molecule has 0 N–H and O–H groups in total. The Morgan fingerprint density at radius 2 is 2.07 bits per heavy atom. The van der Waals surface area contributed by atoms with Gasteiger partial charge in [0.05, 0.1) is 12.7 Å². The molecule has 76 valence electrons. The first-order valence-electron chi connectivity index (χ1n) is 4.93. The highest BCUT2D eigenvalue weighted by Crippen LogP contribution is 2.11. The molecule has 0 radical (unpaired) electrons. The lowest BCUT2D eigenvalue weighted by atomic mass is 10.1. The molecular formula is C13H12O2. The van der Waals surface area contributed by atoms with Gasteiger partial charge < -0.3 is 4.74 Å². The molecule has 0 bridgehead atoms. The molecule has 2 nitrogen and oxygen atoms in total. The highest BCUT2D eigenvalue weighted by atomic mass is 16.5. The highest BCUT2D eigenvalue weighted by molar-refractivity contribution is 5.90. The third-order valence-electron chi connectivity index (χ3n) is 2.21. The van der Waals surface area contributed by atoms with E-state index in [1.807, 2.05) is 42.5 Å². The predicted octanol–water partition coefficient (Wildman–Crippen LogP) is 2.57. The lowest BCUT2D eigenvalue weighted by Crippen LogP contribution is -2.15. The minimum absolute atomic E-state index is 0.115. The second-order valence-electron chi connectivity index (χ2n) is 3.42. The standard InChI is InChI=1S/C13H12O2/c14-12-8-9-15-13(10-12)7-6-11-4-2-1-3-5-11/h1-9,13H,10H2/b7-6+/t13-/m1/s1. The van der Waals surface area contributed by atoms with E-state index in [1.54, 1.807) is 0 Å². The number of ketones is 1. The van der Waals surface area contributed by atoms with Gasteiger partial charge in [-0.2, -0.15) is 0 Å². The van der Waals surface area contributed by atoms with Crippen LogP contribution in [-0.2, 0) is 9.53 Å². The van der Waals surface area contributed by atoms with Crippen LogP contribution in [0.1, 0.15) is 12.0 Å². The smallest absolute Gasteiger partial charge is 0.162 e. The minimum atomic E-state index is -0.122. The number of carbonyl (C=O) groups is 1. The van der Waals surface area contributed by atoms with Crippen LogP contribution in [-0.4, -0.2) is 11.9 Å². The van der Waals surface area contributed by atoms with Crippen molar-refractivity contribution in [2.24, 2.45) is 0 Å². The molecule has 0 saturated heterocycles. The normalized spacial score (nSPS) is 20.5. The van der Waals surface area contributed by atoms with Crippen LogP contribution in [0.3, 0.4) is 0 Å². The molecule has 0 fully saturated rings. The SMILES string of the molecule is O=C1C=CO[C@H](/C=C/c2ccccc2)C1. The first kappa shape index (κ1) is 9.71. The summed E-state index contributed by atoms with van der Waals surface area (Å²) >= 11 is 0. The second-order valence-corrected chi connectivity index (χ2v) is 3.42. The van der Waals surface area contributed by atoms with E-state index in [4.69, 9.17) is 4.74 Å². The summed E-state index contributed by atoms with van der Waals surface area (Å²) < 4.78 is 5.28. The van der Waals surface area contributed by atoms with Crippen molar-refractivity contribution in [2.45, 2.75) is 12.5 Å². The van der Waals surface area contributed by atoms with Crippen molar-refractivity contribution in [3.8, 4) is 0 Å². The third kappa shape index (κ3) is 2.81. The van der Waals surface area contributed by atoms with Crippen molar-refractivity contribution in [1.82, 2.24) is 0 Å². The van der Waals surface area contributed by atoms with Gasteiger partial charge in [0.1, 0.15) is 6.10 Å². The third-order valence-corrected chi connectivity index (χ3v) is 2.21. The zero-order valence-electron chi connectivity index (χ0n) is 8.30. The molecule has 15 heavy (non-hydrogen) atoms. The van der Waals surface area contributed by atoms with Gasteiger partial charge in [0, 0.05) is 6.08 Å². The largest absolute Gasteiger partial charge is 0.493 e. The van der Waals surface area contributed by atoms with E-state index in [1.165, 1.54) is 12.3 Å². The molecule has 0 amide bonds. The molecule has 0 spiro atoms. The Kier molecular flexibility index (Phi) is 2.98. The van der Waals surface area contributed by atoms with Gasteiger partial charge in [0.15, 0.2) is 5.78 Å². The highest BCUT2D eigenvalue weighted by Gasteiger charge is 2.12. The summed E-state index contributed by atoms with van der Waals surface area (Å²) in [5, 5.41) is 0. The lowest BCUT2D eigenvalue weighted by molar-refractivity contribution is -0.117. The minimum Gasteiger partial charge on any atom is -0.493 e. The zero-order valence-corrected chi connectivity index (χ0v) is 8.30. The first-order valence-corrected chi connectivity index (χ1v) is 4.93. The Morgan fingerprint density at radius 1 is 1.27 bits per heavy atom. The van der Waals surface area contributed by atoms with E-state index in [9.17, 15) is 4.79 Å². The van der Waals surface area contributed by atoms with E-state index < -0.39 is 0 Å². The summed E-state index contributed by atoms with van der Waals surface area (Å²) in [5.41, 5.74) is 1.11. The summed E-state index contributed by atoms with van der Waals surface area (Å²) in [5.74, 6) is 0.115. The van der Waals surface area contributed by atoms with E-state index in [2.05, 4.69) is 0 Å². The average Bonchev–Trinajstić information content (AvgIpc) is 2.28. The fraction of sp³-hybridized carbons (Fsp3) is 0.154. The Hall–Kier alpha value is -1.83. The Labute approximate surface area is 88.9 Å². The molecule has 2 heteroatoms. The molecule has 0 saturated carbocycles. The molecule has 1 aliphatic rings. The van der Waals surface area contributed by atoms with Crippen molar-refractivity contribution in [2.75, 3.05) is 0 Å². The summed E-state index contributed by atoms with van der Waals surface area (Å²) in [6, 6.07) is 9.95. The van der Waals surface area contributed by atoms with Crippen molar-refractivity contribution < 1.29 is 9.53 Å². The molecular weight excluding hydrogens is 188 g/mol. The predicted molar refractivity (Wildman–Crippen MR) is 59.1 cm³/mol. The van der Waals surface area contributed by atoms with Gasteiger partial charge in [-0.25, -0.2) is 0 Å². The molecule has 0 unspecified atom stereocenters. The van der Waals surface area contributed by atoms with Crippen LogP contribution in [0.5, 0.6) is 0 Å². The van der Waals surface area contributed by atoms with Crippen LogP contribution in [0.15, 0.2) is 48.7 Å². The van der Waals surface area contributed by atoms with Gasteiger partial charge in [-0.05, 0) is 11.6 Å².